The van der Waals surface area contributed by atoms with Gasteiger partial charge in [0.2, 0.25) is 17.6 Å². The van der Waals surface area contributed by atoms with Crippen molar-refractivity contribution in [2.75, 3.05) is 13.1 Å². The Labute approximate surface area is 165 Å². The summed E-state index contributed by atoms with van der Waals surface area (Å²) < 4.78 is 5.53. The van der Waals surface area contributed by atoms with Gasteiger partial charge in [0.15, 0.2) is 0 Å². The van der Waals surface area contributed by atoms with Gasteiger partial charge >= 0.3 is 0 Å². The predicted molar refractivity (Wildman–Crippen MR) is 108 cm³/mol. The second kappa shape index (κ2) is 7.97. The summed E-state index contributed by atoms with van der Waals surface area (Å²) in [5.74, 6) is 1.32. The molecular weight excluding hydrogens is 350 g/mol. The molecule has 1 aliphatic rings. The van der Waals surface area contributed by atoms with Crippen molar-refractivity contribution in [3.8, 4) is 11.4 Å². The molecule has 1 unspecified atom stereocenters. The zero-order valence-electron chi connectivity index (χ0n) is 16.4. The number of aromatic nitrogens is 2. The number of carbonyl (C=O) groups excluding carboxylic acids is 1. The number of nitrogens with zero attached hydrogens (tertiary/aromatic N) is 3. The van der Waals surface area contributed by atoms with Gasteiger partial charge in [-0.25, -0.2) is 0 Å². The maximum Gasteiger partial charge on any atom is 0.232 e. The zero-order chi connectivity index (χ0) is 19.5. The molecule has 0 saturated carbocycles. The lowest BCUT2D eigenvalue weighted by atomic mass is 10.1. The van der Waals surface area contributed by atoms with Crippen molar-refractivity contribution in [3.63, 3.8) is 0 Å². The van der Waals surface area contributed by atoms with Crippen molar-refractivity contribution in [1.29, 1.82) is 0 Å². The van der Waals surface area contributed by atoms with Crippen LogP contribution in [0, 0.1) is 13.8 Å². The van der Waals surface area contributed by atoms with Crippen LogP contribution in [0.25, 0.3) is 11.4 Å². The molecule has 2 aromatic carbocycles. The highest BCUT2D eigenvalue weighted by Crippen LogP contribution is 2.30. The maximum absolute atomic E-state index is 12.4. The fourth-order valence-electron chi connectivity index (χ4n) is 3.76. The molecule has 1 saturated heterocycles. The maximum atomic E-state index is 12.4. The first-order valence-electron chi connectivity index (χ1n) is 9.83. The second-order valence-electron chi connectivity index (χ2n) is 7.60. The van der Waals surface area contributed by atoms with Crippen LogP contribution < -0.4 is 0 Å². The van der Waals surface area contributed by atoms with Crippen molar-refractivity contribution < 1.29 is 9.32 Å². The summed E-state index contributed by atoms with van der Waals surface area (Å²) in [6.45, 7) is 5.51. The fourth-order valence-corrected chi connectivity index (χ4v) is 3.76. The van der Waals surface area contributed by atoms with Crippen molar-refractivity contribution in [2.24, 2.45) is 0 Å². The van der Waals surface area contributed by atoms with Crippen LogP contribution in [-0.4, -0.2) is 34.0 Å². The van der Waals surface area contributed by atoms with E-state index in [1.54, 1.807) is 0 Å². The van der Waals surface area contributed by atoms with Gasteiger partial charge in [0, 0.05) is 25.1 Å². The molecule has 0 N–H and O–H groups in total. The molecule has 1 fully saturated rings. The number of aryl methyl sites for hydroxylation is 3. The summed E-state index contributed by atoms with van der Waals surface area (Å²) in [5.41, 5.74) is 4.57. The van der Waals surface area contributed by atoms with E-state index in [-0.39, 0.29) is 11.8 Å². The van der Waals surface area contributed by atoms with Gasteiger partial charge in [0.1, 0.15) is 0 Å². The summed E-state index contributed by atoms with van der Waals surface area (Å²) in [5, 5.41) is 4.17. The normalized spacial score (nSPS) is 16.7. The van der Waals surface area contributed by atoms with Gasteiger partial charge in [-0.3, -0.25) is 4.79 Å². The van der Waals surface area contributed by atoms with Crippen molar-refractivity contribution in [2.45, 2.75) is 39.0 Å². The Hall–Kier alpha value is -2.95. The summed E-state index contributed by atoms with van der Waals surface area (Å²) >= 11 is 0. The monoisotopic (exact) mass is 375 g/mol. The fraction of sp³-hybridized carbons (Fsp3) is 0.348. The van der Waals surface area contributed by atoms with E-state index in [1.165, 1.54) is 5.56 Å². The molecular formula is C23H25N3O2. The molecule has 0 aliphatic carbocycles. The first-order chi connectivity index (χ1) is 13.6. The van der Waals surface area contributed by atoms with Crippen LogP contribution >= 0.6 is 0 Å². The SMILES string of the molecule is Cc1ccc(C)c(-c2noc(C3CC(=O)N(CCCc4ccccc4)C3)n2)c1. The number of rotatable bonds is 6. The Morgan fingerprint density at radius 1 is 1.14 bits per heavy atom. The molecule has 1 aliphatic heterocycles. The van der Waals surface area contributed by atoms with Gasteiger partial charge in [-0.2, -0.15) is 4.98 Å². The largest absolute Gasteiger partial charge is 0.342 e. The first kappa shape index (κ1) is 18.4. The van der Waals surface area contributed by atoms with Crippen molar-refractivity contribution in [1.82, 2.24) is 15.0 Å². The summed E-state index contributed by atoms with van der Waals surface area (Å²) in [6, 6.07) is 16.6. The third kappa shape index (κ3) is 3.98. The number of hydrogen-bond acceptors (Lipinski definition) is 4. The van der Waals surface area contributed by atoms with E-state index < -0.39 is 0 Å². The van der Waals surface area contributed by atoms with E-state index in [0.717, 1.165) is 36.1 Å². The quantitative estimate of drug-likeness (QED) is 0.644. The molecule has 28 heavy (non-hydrogen) atoms. The molecule has 3 aromatic rings. The van der Waals surface area contributed by atoms with E-state index in [1.807, 2.05) is 24.8 Å². The minimum absolute atomic E-state index is 0.0180. The van der Waals surface area contributed by atoms with E-state index in [4.69, 9.17) is 4.52 Å². The minimum atomic E-state index is -0.0180. The molecule has 144 valence electrons. The summed E-state index contributed by atoms with van der Waals surface area (Å²) in [6.07, 6.45) is 2.38. The highest BCUT2D eigenvalue weighted by Gasteiger charge is 2.34. The predicted octanol–water partition coefficient (Wildman–Crippen LogP) is 4.30. The number of amides is 1. The molecule has 1 amide bonds. The van der Waals surface area contributed by atoms with Crippen LogP contribution in [0.2, 0.25) is 0 Å². The third-order valence-corrected chi connectivity index (χ3v) is 5.38. The van der Waals surface area contributed by atoms with Gasteiger partial charge in [-0.15, -0.1) is 0 Å². The third-order valence-electron chi connectivity index (χ3n) is 5.38. The van der Waals surface area contributed by atoms with Gasteiger partial charge in [0.25, 0.3) is 0 Å². The van der Waals surface area contributed by atoms with E-state index in [9.17, 15) is 4.79 Å². The number of benzene rings is 2. The standard InChI is InChI=1S/C23H25N3O2/c1-16-10-11-17(2)20(13-16)22-24-23(28-25-22)19-14-21(27)26(15-19)12-6-9-18-7-4-3-5-8-18/h3-5,7-8,10-11,13,19H,6,9,12,14-15H2,1-2H3. The Balaban J connectivity index is 1.39. The smallest absolute Gasteiger partial charge is 0.232 e. The Bertz CT molecular complexity index is 965. The van der Waals surface area contributed by atoms with Crippen molar-refractivity contribution in [3.05, 3.63) is 71.1 Å². The lowest BCUT2D eigenvalue weighted by Crippen LogP contribution is -2.26. The van der Waals surface area contributed by atoms with Crippen LogP contribution in [0.4, 0.5) is 0 Å². The van der Waals surface area contributed by atoms with Gasteiger partial charge in [-0.05, 0) is 43.9 Å². The van der Waals surface area contributed by atoms with Crippen LogP contribution in [0.5, 0.6) is 0 Å². The summed E-state index contributed by atoms with van der Waals surface area (Å²) in [7, 11) is 0. The Morgan fingerprint density at radius 2 is 1.96 bits per heavy atom. The first-order valence-corrected chi connectivity index (χ1v) is 9.83. The van der Waals surface area contributed by atoms with Crippen LogP contribution in [0.3, 0.4) is 0 Å². The molecule has 5 nitrogen and oxygen atoms in total. The number of hydrogen-bond donors (Lipinski definition) is 0. The molecule has 0 bridgehead atoms. The van der Waals surface area contributed by atoms with Crippen molar-refractivity contribution >= 4 is 5.91 Å². The Kier molecular flexibility index (Phi) is 5.24. The lowest BCUT2D eigenvalue weighted by Gasteiger charge is -2.15. The van der Waals surface area contributed by atoms with Gasteiger partial charge < -0.3 is 9.42 Å². The highest BCUT2D eigenvalue weighted by atomic mass is 16.5. The molecule has 0 radical (unpaired) electrons. The molecule has 0 spiro atoms. The topological polar surface area (TPSA) is 59.2 Å². The van der Waals surface area contributed by atoms with Crippen LogP contribution in [0.1, 0.15) is 41.3 Å². The average molecular weight is 375 g/mol. The van der Waals surface area contributed by atoms with E-state index in [2.05, 4.69) is 52.6 Å². The van der Waals surface area contributed by atoms with Crippen LogP contribution in [-0.2, 0) is 11.2 Å². The van der Waals surface area contributed by atoms with E-state index >= 15 is 0 Å². The molecule has 1 aromatic heterocycles. The number of carbonyl (C=O) groups is 1. The minimum Gasteiger partial charge on any atom is -0.342 e. The van der Waals surface area contributed by atoms with Gasteiger partial charge in [0.05, 0.1) is 5.92 Å². The molecule has 1 atom stereocenters. The molecule has 4 rings (SSSR count). The molecule has 5 heteroatoms. The molecule has 2 heterocycles. The lowest BCUT2D eigenvalue weighted by molar-refractivity contribution is -0.127. The zero-order valence-corrected chi connectivity index (χ0v) is 16.4. The second-order valence-corrected chi connectivity index (χ2v) is 7.60. The summed E-state index contributed by atoms with van der Waals surface area (Å²) in [4.78, 5) is 18.9. The Morgan fingerprint density at radius 3 is 2.79 bits per heavy atom. The van der Waals surface area contributed by atoms with Crippen LogP contribution in [0.15, 0.2) is 53.1 Å². The van der Waals surface area contributed by atoms with Gasteiger partial charge in [-0.1, -0.05) is 53.2 Å². The highest BCUT2D eigenvalue weighted by molar-refractivity contribution is 5.79. The number of likely N-dealkylation sites (tertiary alicyclic amines) is 1. The van der Waals surface area contributed by atoms with E-state index in [0.29, 0.717) is 24.7 Å². The average Bonchev–Trinajstić information content (AvgIpc) is 3.32.